The van der Waals surface area contributed by atoms with Crippen LogP contribution < -0.4 is 10.2 Å². The topological polar surface area (TPSA) is 28.2 Å². The molecule has 0 spiro atoms. The molecule has 1 heterocycles. The van der Waals surface area contributed by atoms with Gasteiger partial charge in [-0.05, 0) is 24.8 Å². The molecule has 3 heteroatoms. The Morgan fingerprint density at radius 3 is 2.81 bits per heavy atom. The second-order valence-corrected chi connectivity index (χ2v) is 4.83. The third kappa shape index (κ3) is 2.87. The van der Waals surface area contributed by atoms with Gasteiger partial charge in [0.1, 0.15) is 5.82 Å². The Morgan fingerprint density at radius 1 is 1.38 bits per heavy atom. The summed E-state index contributed by atoms with van der Waals surface area (Å²) >= 11 is 0. The fourth-order valence-corrected chi connectivity index (χ4v) is 2.26. The highest BCUT2D eigenvalue weighted by Gasteiger charge is 2.14. The molecule has 0 aliphatic heterocycles. The lowest BCUT2D eigenvalue weighted by molar-refractivity contribution is 0.579. The van der Waals surface area contributed by atoms with Gasteiger partial charge in [-0.15, -0.1) is 0 Å². The molecule has 1 N–H and O–H groups in total. The van der Waals surface area contributed by atoms with E-state index in [1.165, 1.54) is 31.4 Å². The number of hydrogen-bond donors (Lipinski definition) is 1. The zero-order chi connectivity index (χ0) is 11.4. The second kappa shape index (κ2) is 5.19. The van der Waals surface area contributed by atoms with Crippen molar-refractivity contribution in [2.45, 2.75) is 25.7 Å². The van der Waals surface area contributed by atoms with E-state index in [1.54, 1.807) is 0 Å². The Bertz CT molecular complexity index is 330. The van der Waals surface area contributed by atoms with Crippen molar-refractivity contribution in [3.8, 4) is 0 Å². The minimum atomic E-state index is 0.852. The molecule has 2 rings (SSSR count). The fourth-order valence-electron chi connectivity index (χ4n) is 2.26. The van der Waals surface area contributed by atoms with Crippen LogP contribution in [0.1, 0.15) is 25.7 Å². The molecule has 0 radical (unpaired) electrons. The van der Waals surface area contributed by atoms with E-state index in [4.69, 9.17) is 0 Å². The van der Waals surface area contributed by atoms with Gasteiger partial charge in [-0.3, -0.25) is 0 Å². The van der Waals surface area contributed by atoms with Gasteiger partial charge in [0.25, 0.3) is 0 Å². The first kappa shape index (κ1) is 11.2. The van der Waals surface area contributed by atoms with Crippen molar-refractivity contribution in [2.24, 2.45) is 5.92 Å². The Labute approximate surface area is 97.9 Å². The van der Waals surface area contributed by atoms with E-state index in [0.29, 0.717) is 0 Å². The van der Waals surface area contributed by atoms with E-state index in [-0.39, 0.29) is 0 Å². The maximum absolute atomic E-state index is 4.34. The van der Waals surface area contributed by atoms with E-state index in [2.05, 4.69) is 35.4 Å². The summed E-state index contributed by atoms with van der Waals surface area (Å²) in [5.74, 6) is 1.85. The molecule has 1 aliphatic carbocycles. The first-order valence-electron chi connectivity index (χ1n) is 6.13. The van der Waals surface area contributed by atoms with Crippen molar-refractivity contribution in [2.75, 3.05) is 30.9 Å². The molecule has 1 fully saturated rings. The molecular formula is C13H21N3. The van der Waals surface area contributed by atoms with E-state index in [1.807, 2.05) is 12.3 Å². The quantitative estimate of drug-likeness (QED) is 0.844. The average Bonchev–Trinajstić information content (AvgIpc) is 2.79. The largest absolute Gasteiger partial charge is 0.378 e. The van der Waals surface area contributed by atoms with Gasteiger partial charge in [0.15, 0.2) is 0 Å². The van der Waals surface area contributed by atoms with Crippen molar-refractivity contribution in [3.63, 3.8) is 0 Å². The molecule has 1 aromatic heterocycles. The molecule has 1 aliphatic rings. The molecule has 16 heavy (non-hydrogen) atoms. The van der Waals surface area contributed by atoms with Gasteiger partial charge in [0.05, 0.1) is 0 Å². The van der Waals surface area contributed by atoms with Crippen LogP contribution in [-0.2, 0) is 0 Å². The number of anilines is 2. The van der Waals surface area contributed by atoms with Crippen molar-refractivity contribution in [1.82, 2.24) is 4.98 Å². The van der Waals surface area contributed by atoms with Gasteiger partial charge >= 0.3 is 0 Å². The molecular weight excluding hydrogens is 198 g/mol. The second-order valence-electron chi connectivity index (χ2n) is 4.83. The molecule has 1 aromatic rings. The zero-order valence-corrected chi connectivity index (χ0v) is 10.2. The van der Waals surface area contributed by atoms with Crippen LogP contribution in [0.3, 0.4) is 0 Å². The number of nitrogens with zero attached hydrogens (tertiary/aromatic N) is 2. The van der Waals surface area contributed by atoms with E-state index in [0.717, 1.165) is 18.3 Å². The van der Waals surface area contributed by atoms with Gasteiger partial charge in [-0.2, -0.15) is 0 Å². The Morgan fingerprint density at radius 2 is 2.12 bits per heavy atom. The maximum atomic E-state index is 4.34. The summed E-state index contributed by atoms with van der Waals surface area (Å²) in [4.78, 5) is 6.44. The third-order valence-corrected chi connectivity index (χ3v) is 3.31. The van der Waals surface area contributed by atoms with Gasteiger partial charge < -0.3 is 10.2 Å². The lowest BCUT2D eigenvalue weighted by Crippen LogP contribution is -2.13. The minimum Gasteiger partial charge on any atom is -0.378 e. The highest BCUT2D eigenvalue weighted by atomic mass is 15.1. The van der Waals surface area contributed by atoms with E-state index >= 15 is 0 Å². The average molecular weight is 219 g/mol. The molecule has 0 saturated heterocycles. The van der Waals surface area contributed by atoms with Crippen LogP contribution in [0.2, 0.25) is 0 Å². The van der Waals surface area contributed by atoms with Crippen LogP contribution in [0.4, 0.5) is 11.5 Å². The number of aromatic nitrogens is 1. The minimum absolute atomic E-state index is 0.852. The SMILES string of the molecule is CN(C)c1ccnc(NCC2CCCC2)c1. The van der Waals surface area contributed by atoms with Crippen LogP contribution in [0.5, 0.6) is 0 Å². The molecule has 0 atom stereocenters. The summed E-state index contributed by atoms with van der Waals surface area (Å²) in [7, 11) is 4.10. The summed E-state index contributed by atoms with van der Waals surface area (Å²) in [6.07, 6.45) is 7.42. The summed E-state index contributed by atoms with van der Waals surface area (Å²) in [6, 6.07) is 4.13. The van der Waals surface area contributed by atoms with Crippen molar-refractivity contribution in [3.05, 3.63) is 18.3 Å². The summed E-state index contributed by atoms with van der Waals surface area (Å²) < 4.78 is 0. The lowest BCUT2D eigenvalue weighted by Gasteiger charge is -2.15. The molecule has 1 saturated carbocycles. The highest BCUT2D eigenvalue weighted by molar-refractivity contribution is 5.52. The fraction of sp³-hybridized carbons (Fsp3) is 0.615. The van der Waals surface area contributed by atoms with E-state index < -0.39 is 0 Å². The van der Waals surface area contributed by atoms with Crippen molar-refractivity contribution in [1.29, 1.82) is 0 Å². The highest BCUT2D eigenvalue weighted by Crippen LogP contribution is 2.25. The van der Waals surface area contributed by atoms with Crippen LogP contribution in [0.15, 0.2) is 18.3 Å². The Kier molecular flexibility index (Phi) is 3.65. The van der Waals surface area contributed by atoms with Crippen LogP contribution in [-0.4, -0.2) is 25.6 Å². The van der Waals surface area contributed by atoms with E-state index in [9.17, 15) is 0 Å². The first-order valence-corrected chi connectivity index (χ1v) is 6.13. The number of rotatable bonds is 4. The number of nitrogens with one attached hydrogen (secondary N) is 1. The third-order valence-electron chi connectivity index (χ3n) is 3.31. The first-order chi connectivity index (χ1) is 7.75. The monoisotopic (exact) mass is 219 g/mol. The maximum Gasteiger partial charge on any atom is 0.127 e. The summed E-state index contributed by atoms with van der Waals surface area (Å²) in [5.41, 5.74) is 1.20. The molecule has 0 bridgehead atoms. The zero-order valence-electron chi connectivity index (χ0n) is 10.2. The predicted octanol–water partition coefficient (Wildman–Crippen LogP) is 2.75. The van der Waals surface area contributed by atoms with Gasteiger partial charge in [0, 0.05) is 38.6 Å². The lowest BCUT2D eigenvalue weighted by atomic mass is 10.1. The number of hydrogen-bond acceptors (Lipinski definition) is 3. The van der Waals surface area contributed by atoms with Crippen LogP contribution >= 0.6 is 0 Å². The molecule has 88 valence electrons. The smallest absolute Gasteiger partial charge is 0.127 e. The van der Waals surface area contributed by atoms with Gasteiger partial charge in [-0.1, -0.05) is 12.8 Å². The molecule has 0 unspecified atom stereocenters. The van der Waals surface area contributed by atoms with Crippen LogP contribution in [0.25, 0.3) is 0 Å². The Balaban J connectivity index is 1.90. The molecule has 0 aromatic carbocycles. The van der Waals surface area contributed by atoms with Gasteiger partial charge in [-0.25, -0.2) is 4.98 Å². The number of pyridine rings is 1. The summed E-state index contributed by atoms with van der Waals surface area (Å²) in [6.45, 7) is 1.07. The normalized spacial score (nSPS) is 16.4. The Hall–Kier alpha value is -1.25. The molecule has 0 amide bonds. The predicted molar refractivity (Wildman–Crippen MR) is 69.0 cm³/mol. The van der Waals surface area contributed by atoms with Crippen molar-refractivity contribution < 1.29 is 0 Å². The summed E-state index contributed by atoms with van der Waals surface area (Å²) in [5, 5.41) is 3.44. The van der Waals surface area contributed by atoms with Crippen LogP contribution in [0, 0.1) is 5.92 Å². The van der Waals surface area contributed by atoms with Crippen molar-refractivity contribution >= 4 is 11.5 Å². The van der Waals surface area contributed by atoms with Gasteiger partial charge in [0.2, 0.25) is 0 Å². The molecule has 3 nitrogen and oxygen atoms in total. The standard InChI is InChI=1S/C13H21N3/c1-16(2)12-7-8-14-13(9-12)15-10-11-5-3-4-6-11/h7-9,11H,3-6,10H2,1-2H3,(H,14,15).